The lowest BCUT2D eigenvalue weighted by Crippen LogP contribution is -2.18. The molecule has 8 aromatic rings. The molecule has 2 aromatic heterocycles. The second-order valence-corrected chi connectivity index (χ2v) is 16.7. The molecule has 0 radical (unpaired) electrons. The van der Waals surface area contributed by atoms with Gasteiger partial charge in [0, 0.05) is 23.3 Å². The smallest absolute Gasteiger partial charge is 0.298 e. The molecule has 6 aromatic carbocycles. The lowest BCUT2D eigenvalue weighted by molar-refractivity contribution is 0.467. The Balaban J connectivity index is 1.64. The van der Waals surface area contributed by atoms with Crippen molar-refractivity contribution in [3.05, 3.63) is 210 Å². The summed E-state index contributed by atoms with van der Waals surface area (Å²) in [5.41, 5.74) is 3.46. The van der Waals surface area contributed by atoms with Crippen LogP contribution in [0, 0.1) is 0 Å². The Hall–Kier alpha value is -8.02. The molecular formula is C48H36N8O6S2. The first-order chi connectivity index (χ1) is 31.1. The first kappa shape index (κ1) is 42.7. The third kappa shape index (κ3) is 9.70. The van der Waals surface area contributed by atoms with E-state index < -0.39 is 35.7 Å². The van der Waals surface area contributed by atoms with E-state index in [1.807, 2.05) is 109 Å². The minimum atomic E-state index is -5.64. The van der Waals surface area contributed by atoms with E-state index in [2.05, 4.69) is 41.5 Å². The summed E-state index contributed by atoms with van der Waals surface area (Å²) in [6.07, 6.45) is 10.1. The molecule has 0 bridgehead atoms. The topological polar surface area (TPSA) is 210 Å². The SMILES string of the molecule is O=S(=O)(O)c1c(Nc2ccnnn2)c(Nc2ccnnn2)c(-c2ccccc2)c(C(=C(C=Cc2ccccc2)c2ccccc2C=Cc2ccccc2)c2ccccc2)c1S(=O)(=O)O. The van der Waals surface area contributed by atoms with E-state index >= 15 is 0 Å². The van der Waals surface area contributed by atoms with Gasteiger partial charge in [-0.15, -0.1) is 20.4 Å². The van der Waals surface area contributed by atoms with Crippen molar-refractivity contribution in [2.45, 2.75) is 9.79 Å². The zero-order valence-electron chi connectivity index (χ0n) is 33.5. The molecule has 0 spiro atoms. The molecule has 0 atom stereocenters. The summed E-state index contributed by atoms with van der Waals surface area (Å²) in [6.45, 7) is 0. The molecule has 0 aliphatic heterocycles. The number of anilines is 4. The quantitative estimate of drug-likeness (QED) is 0.0455. The van der Waals surface area contributed by atoms with Gasteiger partial charge >= 0.3 is 0 Å². The van der Waals surface area contributed by atoms with Crippen molar-refractivity contribution in [2.75, 3.05) is 10.6 Å². The predicted molar refractivity (Wildman–Crippen MR) is 247 cm³/mol. The van der Waals surface area contributed by atoms with E-state index in [0.717, 1.165) is 11.1 Å². The fourth-order valence-corrected chi connectivity index (χ4v) is 9.35. The zero-order chi connectivity index (χ0) is 44.5. The highest BCUT2D eigenvalue weighted by Crippen LogP contribution is 2.52. The lowest BCUT2D eigenvalue weighted by Gasteiger charge is -2.28. The van der Waals surface area contributed by atoms with Crippen molar-refractivity contribution in [3.63, 3.8) is 0 Å². The number of aromatic nitrogens is 6. The lowest BCUT2D eigenvalue weighted by atomic mass is 9.82. The van der Waals surface area contributed by atoms with E-state index in [4.69, 9.17) is 0 Å². The molecular weight excluding hydrogens is 849 g/mol. The molecule has 8 rings (SSSR count). The maximum atomic E-state index is 14.4. The van der Waals surface area contributed by atoms with Crippen molar-refractivity contribution in [3.8, 4) is 11.1 Å². The average molecular weight is 885 g/mol. The summed E-state index contributed by atoms with van der Waals surface area (Å²) in [4.78, 5) is -2.34. The molecule has 0 amide bonds. The van der Waals surface area contributed by atoms with Gasteiger partial charge in [-0.3, -0.25) is 9.11 Å². The summed E-state index contributed by atoms with van der Waals surface area (Å²) in [5, 5.41) is 29.0. The van der Waals surface area contributed by atoms with Crippen LogP contribution in [0.15, 0.2) is 186 Å². The van der Waals surface area contributed by atoms with Gasteiger partial charge in [-0.1, -0.05) is 170 Å². The zero-order valence-corrected chi connectivity index (χ0v) is 35.1. The van der Waals surface area contributed by atoms with Gasteiger partial charge in [0.05, 0.1) is 23.8 Å². The fraction of sp³-hybridized carbons (Fsp3) is 0. The Labute approximate surface area is 369 Å². The Kier molecular flexibility index (Phi) is 12.6. The summed E-state index contributed by atoms with van der Waals surface area (Å²) in [7, 11) is -11.3. The summed E-state index contributed by atoms with van der Waals surface area (Å²) >= 11 is 0. The molecule has 0 fully saturated rings. The first-order valence-corrected chi connectivity index (χ1v) is 22.4. The van der Waals surface area contributed by atoms with Crippen LogP contribution in [0.25, 0.3) is 40.5 Å². The van der Waals surface area contributed by atoms with Crippen LogP contribution >= 0.6 is 0 Å². The summed E-state index contributed by atoms with van der Waals surface area (Å²) in [5.74, 6) is -0.0463. The van der Waals surface area contributed by atoms with Gasteiger partial charge in [0.15, 0.2) is 11.6 Å². The van der Waals surface area contributed by atoms with E-state index in [1.54, 1.807) is 60.7 Å². The summed E-state index contributed by atoms with van der Waals surface area (Å²) < 4.78 is 79.9. The molecule has 0 saturated carbocycles. The molecule has 2 heterocycles. The Morgan fingerprint density at radius 1 is 0.516 bits per heavy atom. The summed E-state index contributed by atoms with van der Waals surface area (Å²) in [6, 6.07) is 46.7. The maximum absolute atomic E-state index is 14.4. The van der Waals surface area contributed by atoms with Crippen LogP contribution in [-0.2, 0) is 20.2 Å². The van der Waals surface area contributed by atoms with Crippen molar-refractivity contribution < 1.29 is 25.9 Å². The largest absolute Gasteiger partial charge is 0.336 e. The third-order valence-corrected chi connectivity index (χ3v) is 11.8. The molecule has 4 N–H and O–H groups in total. The number of benzene rings is 6. The Morgan fingerprint density at radius 3 is 1.56 bits per heavy atom. The average Bonchev–Trinajstić information content (AvgIpc) is 3.31. The number of nitrogens with one attached hydrogen (secondary N) is 2. The van der Waals surface area contributed by atoms with Crippen LogP contribution in [0.1, 0.15) is 33.4 Å². The number of hydrogen-bond acceptors (Lipinski definition) is 12. The van der Waals surface area contributed by atoms with Crippen molar-refractivity contribution in [2.24, 2.45) is 0 Å². The van der Waals surface area contributed by atoms with Crippen molar-refractivity contribution >= 4 is 72.6 Å². The second kappa shape index (κ2) is 18.9. The van der Waals surface area contributed by atoms with Gasteiger partial charge in [0.1, 0.15) is 9.79 Å². The molecule has 14 nitrogen and oxygen atoms in total. The number of rotatable bonds is 14. The van der Waals surface area contributed by atoms with Crippen molar-refractivity contribution in [1.29, 1.82) is 0 Å². The molecule has 0 saturated heterocycles. The monoisotopic (exact) mass is 884 g/mol. The van der Waals surface area contributed by atoms with Gasteiger partial charge in [-0.05, 0) is 55.0 Å². The van der Waals surface area contributed by atoms with E-state index in [1.165, 1.54) is 24.5 Å². The standard InChI is InChI=1S/C48H36N8O6S2/c57-63(58,59)47-44(43(37-22-11-4-12-23-37)45(51-40-29-31-49-55-53-40)46(48(47)64(60,61)62)52-41-30-32-50-56-54-41)42(36-20-9-3-10-21-36)39(28-26-34-17-7-2-8-18-34)38-24-14-13-19-35(38)27-25-33-15-5-1-6-16-33/h1-32H,(H,49,51,53)(H,50,52,54)(H,57,58,59)(H,60,61,62). The minimum Gasteiger partial charge on any atom is -0.336 e. The predicted octanol–water partition coefficient (Wildman–Crippen LogP) is 9.55. The third-order valence-electron chi connectivity index (χ3n) is 9.83. The van der Waals surface area contributed by atoms with Gasteiger partial charge < -0.3 is 10.6 Å². The number of hydrogen-bond donors (Lipinski definition) is 4. The van der Waals surface area contributed by atoms with Crippen LogP contribution in [0.3, 0.4) is 0 Å². The highest BCUT2D eigenvalue weighted by atomic mass is 32.2. The molecule has 316 valence electrons. The van der Waals surface area contributed by atoms with Gasteiger partial charge in [-0.25, -0.2) is 0 Å². The molecule has 0 aliphatic rings. The van der Waals surface area contributed by atoms with Crippen LogP contribution in [0.4, 0.5) is 23.0 Å². The van der Waals surface area contributed by atoms with Crippen LogP contribution in [0.2, 0.25) is 0 Å². The molecule has 16 heteroatoms. The highest BCUT2D eigenvalue weighted by Gasteiger charge is 2.39. The molecule has 0 unspecified atom stereocenters. The van der Waals surface area contributed by atoms with Gasteiger partial charge in [0.2, 0.25) is 0 Å². The first-order valence-electron chi connectivity index (χ1n) is 19.5. The van der Waals surface area contributed by atoms with E-state index in [9.17, 15) is 25.9 Å². The normalized spacial score (nSPS) is 12.3. The minimum absolute atomic E-state index is 0.0497. The van der Waals surface area contributed by atoms with Gasteiger partial charge in [-0.2, -0.15) is 16.8 Å². The van der Waals surface area contributed by atoms with E-state index in [-0.39, 0.29) is 34.0 Å². The van der Waals surface area contributed by atoms with Gasteiger partial charge in [0.25, 0.3) is 20.2 Å². The number of allylic oxidation sites excluding steroid dienone is 2. The molecule has 0 aliphatic carbocycles. The second-order valence-electron chi connectivity index (χ2n) is 14.0. The number of nitrogens with zero attached hydrogens (tertiary/aromatic N) is 6. The highest BCUT2D eigenvalue weighted by molar-refractivity contribution is 7.89. The maximum Gasteiger partial charge on any atom is 0.298 e. The molecule has 64 heavy (non-hydrogen) atoms. The van der Waals surface area contributed by atoms with Crippen LogP contribution in [-0.4, -0.2) is 56.8 Å². The van der Waals surface area contributed by atoms with Crippen LogP contribution in [0.5, 0.6) is 0 Å². The van der Waals surface area contributed by atoms with Crippen LogP contribution < -0.4 is 10.6 Å². The fourth-order valence-electron chi connectivity index (χ4n) is 7.17. The Bertz CT molecular complexity index is 3240. The van der Waals surface area contributed by atoms with Crippen molar-refractivity contribution in [1.82, 2.24) is 30.8 Å². The van der Waals surface area contributed by atoms with E-state index in [0.29, 0.717) is 27.8 Å². The Morgan fingerprint density at radius 2 is 1.02 bits per heavy atom.